The van der Waals surface area contributed by atoms with E-state index in [2.05, 4.69) is 75.8 Å². The quantitative estimate of drug-likeness (QED) is 0.403. The molecule has 37 heavy (non-hydrogen) atoms. The number of rotatable bonds is 2. The molecule has 6 heterocycles. The van der Waals surface area contributed by atoms with Gasteiger partial charge in [0.2, 0.25) is 0 Å². The summed E-state index contributed by atoms with van der Waals surface area (Å²) >= 11 is 0. The van der Waals surface area contributed by atoms with E-state index in [1.165, 1.54) is 0 Å². The zero-order chi connectivity index (χ0) is 25.8. The molecule has 11 heteroatoms. The maximum Gasteiger partial charge on any atom is 0.182 e. The Morgan fingerprint density at radius 3 is 1.81 bits per heavy atom. The third-order valence-corrected chi connectivity index (χ3v) is 6.23. The molecule has 2 aliphatic rings. The molecule has 2 aliphatic heterocycles. The molecule has 0 unspecified atom stereocenters. The molecule has 2 N–H and O–H groups in total. The molecular weight excluding hydrogens is 466 g/mol. The summed E-state index contributed by atoms with van der Waals surface area (Å²) in [5.74, 6) is 9.27. The maximum atomic E-state index is 8.87. The topological polar surface area (TPSA) is 135 Å². The molecule has 0 aliphatic carbocycles. The highest BCUT2D eigenvalue weighted by Crippen LogP contribution is 2.23. The molecule has 2 atom stereocenters. The Hall–Kier alpha value is -4.45. The van der Waals surface area contributed by atoms with E-state index in [1.807, 2.05) is 36.4 Å². The van der Waals surface area contributed by atoms with Crippen LogP contribution in [0.15, 0.2) is 36.4 Å². The van der Waals surface area contributed by atoms with E-state index < -0.39 is 0 Å². The van der Waals surface area contributed by atoms with Crippen LogP contribution in [0.3, 0.4) is 0 Å². The minimum Gasteiger partial charge on any atom is -0.307 e. The van der Waals surface area contributed by atoms with E-state index in [0.29, 0.717) is 11.4 Å². The molecule has 0 radical (unpaired) electrons. The van der Waals surface area contributed by atoms with E-state index in [-0.39, 0.29) is 12.1 Å². The molecule has 0 saturated heterocycles. The Balaban J connectivity index is 0.000000152. The first kappa shape index (κ1) is 24.3. The lowest BCUT2D eigenvalue weighted by Crippen LogP contribution is -2.32. The first-order valence-electron chi connectivity index (χ1n) is 12.2. The third kappa shape index (κ3) is 4.96. The van der Waals surface area contributed by atoms with Gasteiger partial charge in [0.05, 0.1) is 12.1 Å². The Bertz CT molecular complexity index is 1520. The van der Waals surface area contributed by atoms with Crippen molar-refractivity contribution in [3.8, 4) is 40.9 Å². The van der Waals surface area contributed by atoms with Crippen molar-refractivity contribution in [2.24, 2.45) is 0 Å². The van der Waals surface area contributed by atoms with Gasteiger partial charge in [-0.2, -0.15) is 5.26 Å². The zero-order valence-electron chi connectivity index (χ0n) is 21.0. The van der Waals surface area contributed by atoms with Crippen LogP contribution < -0.4 is 10.6 Å². The van der Waals surface area contributed by atoms with Crippen molar-refractivity contribution < 1.29 is 0 Å². The fraction of sp³-hybridized carbons (Fsp3) is 0.346. The summed E-state index contributed by atoms with van der Waals surface area (Å²) in [5.41, 5.74) is 2.68. The molecule has 0 aromatic carbocycles. The molecule has 4 aromatic heterocycles. The van der Waals surface area contributed by atoms with Gasteiger partial charge in [-0.05, 0) is 51.0 Å². The molecule has 0 amide bonds. The van der Waals surface area contributed by atoms with Crippen LogP contribution in [0.25, 0.3) is 23.0 Å². The van der Waals surface area contributed by atoms with Gasteiger partial charge in [0.1, 0.15) is 40.5 Å². The monoisotopic (exact) mass is 493 g/mol. The Kier molecular flexibility index (Phi) is 6.99. The average molecular weight is 494 g/mol. The fourth-order valence-electron chi connectivity index (χ4n) is 4.44. The number of nitriles is 1. The number of hydrogen-bond acceptors (Lipinski definition) is 9. The summed E-state index contributed by atoms with van der Waals surface area (Å²) < 4.78 is 4.19. The summed E-state index contributed by atoms with van der Waals surface area (Å²) in [6.07, 6.45) is 0. The van der Waals surface area contributed by atoms with Gasteiger partial charge in [-0.15, -0.1) is 20.4 Å². The highest BCUT2D eigenvalue weighted by atomic mass is 15.3. The van der Waals surface area contributed by atoms with Crippen LogP contribution in [0.5, 0.6) is 0 Å². The lowest BCUT2D eigenvalue weighted by Gasteiger charge is -2.21. The normalized spacial score (nSPS) is 17.8. The van der Waals surface area contributed by atoms with Gasteiger partial charge in [0.15, 0.2) is 11.6 Å². The SMILES string of the molecule is CC#Cc1cccc(-c2nnc3n2CCN[C@@H]3C)n1.C[C@@H]1NCCn2c(-c3cccc(C#N)n3)nnc21. The van der Waals surface area contributed by atoms with Gasteiger partial charge in [0.25, 0.3) is 0 Å². The van der Waals surface area contributed by atoms with Crippen molar-refractivity contribution in [2.45, 2.75) is 45.9 Å². The molecular formula is C26H27N11. The van der Waals surface area contributed by atoms with Gasteiger partial charge < -0.3 is 19.8 Å². The van der Waals surface area contributed by atoms with E-state index in [9.17, 15) is 0 Å². The molecule has 11 nitrogen and oxygen atoms in total. The molecule has 0 saturated carbocycles. The Morgan fingerprint density at radius 2 is 1.30 bits per heavy atom. The maximum absolute atomic E-state index is 8.87. The van der Waals surface area contributed by atoms with Crippen molar-refractivity contribution in [1.82, 2.24) is 50.1 Å². The number of fused-ring (bicyclic) bond motifs is 2. The van der Waals surface area contributed by atoms with Crippen molar-refractivity contribution in [3.63, 3.8) is 0 Å². The Morgan fingerprint density at radius 1 is 0.784 bits per heavy atom. The second kappa shape index (κ2) is 10.7. The van der Waals surface area contributed by atoms with Crippen LogP contribution in [0.1, 0.15) is 55.9 Å². The van der Waals surface area contributed by atoms with Crippen molar-refractivity contribution in [1.29, 1.82) is 5.26 Å². The number of aromatic nitrogens is 8. The van der Waals surface area contributed by atoms with Crippen LogP contribution in [-0.4, -0.2) is 52.6 Å². The second-order valence-electron chi connectivity index (χ2n) is 8.72. The lowest BCUT2D eigenvalue weighted by atomic mass is 10.2. The minimum atomic E-state index is 0.194. The van der Waals surface area contributed by atoms with Crippen molar-refractivity contribution >= 4 is 0 Å². The number of hydrogen-bond donors (Lipinski definition) is 2. The van der Waals surface area contributed by atoms with Gasteiger partial charge in [-0.3, -0.25) is 0 Å². The predicted molar refractivity (Wildman–Crippen MR) is 137 cm³/mol. The molecule has 6 rings (SSSR count). The van der Waals surface area contributed by atoms with E-state index in [1.54, 1.807) is 13.0 Å². The van der Waals surface area contributed by atoms with Gasteiger partial charge in [0, 0.05) is 26.2 Å². The van der Waals surface area contributed by atoms with Gasteiger partial charge in [-0.25, -0.2) is 9.97 Å². The van der Waals surface area contributed by atoms with Gasteiger partial charge in [-0.1, -0.05) is 18.1 Å². The highest BCUT2D eigenvalue weighted by molar-refractivity contribution is 5.52. The first-order valence-corrected chi connectivity index (χ1v) is 12.2. The highest BCUT2D eigenvalue weighted by Gasteiger charge is 2.23. The smallest absolute Gasteiger partial charge is 0.182 e. The van der Waals surface area contributed by atoms with Crippen LogP contribution in [0, 0.1) is 23.2 Å². The number of pyridine rings is 2. The van der Waals surface area contributed by atoms with E-state index in [0.717, 1.165) is 60.9 Å². The summed E-state index contributed by atoms with van der Waals surface area (Å²) in [6.45, 7) is 9.46. The summed E-state index contributed by atoms with van der Waals surface area (Å²) in [6, 6.07) is 13.6. The lowest BCUT2D eigenvalue weighted by molar-refractivity contribution is 0.438. The fourth-order valence-corrected chi connectivity index (χ4v) is 4.44. The third-order valence-electron chi connectivity index (χ3n) is 6.23. The standard InChI is InChI=1S/C14H15N5.C12H12N6/c1-3-5-11-6-4-7-12(16-11)14-18-17-13-10(2)15-8-9-19(13)14;1-8-11-16-17-12(18(11)6-5-14-8)10-4-2-3-9(7-13)15-10/h4,6-7,10,15H,8-9H2,1-2H3;2-4,8,14H,5-6H2,1H3/t10-;8-/m10/s1. The second-order valence-corrected chi connectivity index (χ2v) is 8.72. The van der Waals surface area contributed by atoms with Crippen LogP contribution in [0.2, 0.25) is 0 Å². The molecule has 4 aromatic rings. The summed E-state index contributed by atoms with van der Waals surface area (Å²) in [4.78, 5) is 8.78. The molecule has 0 spiro atoms. The van der Waals surface area contributed by atoms with Crippen LogP contribution in [-0.2, 0) is 13.1 Å². The van der Waals surface area contributed by atoms with Crippen LogP contribution >= 0.6 is 0 Å². The Labute approximate surface area is 215 Å². The molecule has 186 valence electrons. The molecule has 0 bridgehead atoms. The summed E-state index contributed by atoms with van der Waals surface area (Å²) in [7, 11) is 0. The average Bonchev–Trinajstić information content (AvgIpc) is 3.56. The zero-order valence-corrected chi connectivity index (χ0v) is 21.0. The van der Waals surface area contributed by atoms with Crippen molar-refractivity contribution in [3.05, 3.63) is 59.4 Å². The van der Waals surface area contributed by atoms with E-state index >= 15 is 0 Å². The van der Waals surface area contributed by atoms with Gasteiger partial charge >= 0.3 is 0 Å². The predicted octanol–water partition coefficient (Wildman–Crippen LogP) is 2.25. The minimum absolute atomic E-state index is 0.194. The summed E-state index contributed by atoms with van der Waals surface area (Å²) in [5, 5.41) is 32.5. The van der Waals surface area contributed by atoms with Crippen LogP contribution in [0.4, 0.5) is 0 Å². The largest absolute Gasteiger partial charge is 0.307 e. The van der Waals surface area contributed by atoms with E-state index in [4.69, 9.17) is 5.26 Å². The van der Waals surface area contributed by atoms with Crippen molar-refractivity contribution in [2.75, 3.05) is 13.1 Å². The number of nitrogens with one attached hydrogen (secondary N) is 2. The molecule has 0 fully saturated rings. The number of nitrogens with zero attached hydrogens (tertiary/aromatic N) is 9. The first-order chi connectivity index (χ1) is 18.1.